The molecule has 1 aliphatic rings. The molecule has 7 heteroatoms. The maximum atomic E-state index is 13.7. The summed E-state index contributed by atoms with van der Waals surface area (Å²) in [5.41, 5.74) is 1.58. The second-order valence-electron chi connectivity index (χ2n) is 7.79. The number of hydrogen-bond acceptors (Lipinski definition) is 3. The molecule has 32 heavy (non-hydrogen) atoms. The van der Waals surface area contributed by atoms with Crippen LogP contribution in [-0.2, 0) is 23.9 Å². The van der Waals surface area contributed by atoms with E-state index in [0.29, 0.717) is 0 Å². The Hall–Kier alpha value is -2.38. The smallest absolute Gasteiger partial charge is 0.326 e. The molecule has 1 saturated heterocycles. The highest BCUT2D eigenvalue weighted by Gasteiger charge is 2.34. The van der Waals surface area contributed by atoms with Crippen LogP contribution in [0.1, 0.15) is 43.0 Å². The molecule has 176 valence electrons. The predicted molar refractivity (Wildman–Crippen MR) is 124 cm³/mol. The van der Waals surface area contributed by atoms with E-state index < -0.39 is 11.7 Å². The molecule has 3 rings (SSSR count). The summed E-state index contributed by atoms with van der Waals surface area (Å²) >= 11 is 0. The number of carbonyl (C=O) groups is 1. The van der Waals surface area contributed by atoms with E-state index >= 15 is 0 Å². The molecule has 0 bridgehead atoms. The first kappa shape index (κ1) is 25.9. The SMILES string of the molecule is CC.CCN1CCN(Cc2ccc(NC(=O)Cc3cccc(C)c3)cc2C(F)(F)F)CC1. The molecule has 4 nitrogen and oxygen atoms in total. The van der Waals surface area contributed by atoms with Crippen LogP contribution in [0, 0.1) is 6.92 Å². The summed E-state index contributed by atoms with van der Waals surface area (Å²) in [6.45, 7) is 12.5. The molecule has 0 unspecified atom stereocenters. The first-order valence-electron chi connectivity index (χ1n) is 11.2. The number of benzene rings is 2. The first-order valence-corrected chi connectivity index (χ1v) is 11.2. The number of nitrogens with one attached hydrogen (secondary N) is 1. The van der Waals surface area contributed by atoms with Crippen molar-refractivity contribution in [2.45, 2.75) is 46.8 Å². The number of likely N-dealkylation sites (N-methyl/N-ethyl adjacent to an activating group) is 1. The Morgan fingerprint density at radius 2 is 1.66 bits per heavy atom. The van der Waals surface area contributed by atoms with E-state index in [9.17, 15) is 18.0 Å². The number of piperazine rings is 1. The predicted octanol–water partition coefficient (Wildman–Crippen LogP) is 5.36. The van der Waals surface area contributed by atoms with Gasteiger partial charge in [-0.1, -0.05) is 56.7 Å². The summed E-state index contributed by atoms with van der Waals surface area (Å²) in [7, 11) is 0. The van der Waals surface area contributed by atoms with E-state index in [4.69, 9.17) is 0 Å². The maximum Gasteiger partial charge on any atom is 0.416 e. The van der Waals surface area contributed by atoms with Crippen molar-refractivity contribution in [2.75, 3.05) is 38.0 Å². The van der Waals surface area contributed by atoms with Crippen LogP contribution in [0.5, 0.6) is 0 Å². The van der Waals surface area contributed by atoms with Gasteiger partial charge in [-0.05, 0) is 36.7 Å². The van der Waals surface area contributed by atoms with E-state index in [1.165, 1.54) is 6.07 Å². The van der Waals surface area contributed by atoms with Crippen molar-refractivity contribution in [1.82, 2.24) is 9.80 Å². The fourth-order valence-corrected chi connectivity index (χ4v) is 3.77. The minimum absolute atomic E-state index is 0.118. The van der Waals surface area contributed by atoms with Crippen LogP contribution in [-0.4, -0.2) is 48.4 Å². The molecule has 2 aromatic rings. The van der Waals surface area contributed by atoms with Crippen LogP contribution in [0.25, 0.3) is 0 Å². The third-order valence-corrected chi connectivity index (χ3v) is 5.45. The summed E-state index contributed by atoms with van der Waals surface area (Å²) in [5, 5.41) is 2.61. The number of aryl methyl sites for hydroxylation is 1. The van der Waals surface area contributed by atoms with Gasteiger partial charge in [0, 0.05) is 38.4 Å². The number of halogens is 3. The number of alkyl halides is 3. The quantitative estimate of drug-likeness (QED) is 0.645. The number of amides is 1. The van der Waals surface area contributed by atoms with Gasteiger partial charge in [-0.2, -0.15) is 13.2 Å². The number of rotatable bonds is 6. The first-order chi connectivity index (χ1) is 15.2. The van der Waals surface area contributed by atoms with Crippen molar-refractivity contribution in [3.63, 3.8) is 0 Å². The zero-order valence-electron chi connectivity index (χ0n) is 19.4. The molecule has 1 aliphatic heterocycles. The Morgan fingerprint density at radius 3 is 2.25 bits per heavy atom. The molecule has 2 aromatic carbocycles. The fourth-order valence-electron chi connectivity index (χ4n) is 3.77. The lowest BCUT2D eigenvalue weighted by atomic mass is 10.0. The van der Waals surface area contributed by atoms with Gasteiger partial charge < -0.3 is 10.2 Å². The Morgan fingerprint density at radius 1 is 1.00 bits per heavy atom. The molecule has 1 amide bonds. The molecule has 0 radical (unpaired) electrons. The second-order valence-corrected chi connectivity index (χ2v) is 7.79. The highest BCUT2D eigenvalue weighted by Crippen LogP contribution is 2.34. The van der Waals surface area contributed by atoms with E-state index in [-0.39, 0.29) is 30.1 Å². The average Bonchev–Trinajstić information content (AvgIpc) is 2.76. The van der Waals surface area contributed by atoms with E-state index in [0.717, 1.165) is 49.9 Å². The van der Waals surface area contributed by atoms with Gasteiger partial charge in [0.25, 0.3) is 0 Å². The lowest BCUT2D eigenvalue weighted by molar-refractivity contribution is -0.138. The molecule has 0 saturated carbocycles. The highest BCUT2D eigenvalue weighted by molar-refractivity contribution is 5.92. The lowest BCUT2D eigenvalue weighted by Crippen LogP contribution is -2.45. The summed E-state index contributed by atoms with van der Waals surface area (Å²) in [5.74, 6) is -0.336. The van der Waals surface area contributed by atoms with Crippen LogP contribution in [0.2, 0.25) is 0 Å². The lowest BCUT2D eigenvalue weighted by Gasteiger charge is -2.34. The zero-order valence-corrected chi connectivity index (χ0v) is 19.4. The zero-order chi connectivity index (χ0) is 23.7. The van der Waals surface area contributed by atoms with Crippen LogP contribution < -0.4 is 5.32 Å². The van der Waals surface area contributed by atoms with Gasteiger partial charge in [-0.15, -0.1) is 0 Å². The van der Waals surface area contributed by atoms with Gasteiger partial charge >= 0.3 is 6.18 Å². The summed E-state index contributed by atoms with van der Waals surface area (Å²) in [6, 6.07) is 11.6. The van der Waals surface area contributed by atoms with Crippen molar-refractivity contribution >= 4 is 11.6 Å². The van der Waals surface area contributed by atoms with Crippen molar-refractivity contribution < 1.29 is 18.0 Å². The third kappa shape index (κ3) is 7.64. The van der Waals surface area contributed by atoms with Crippen molar-refractivity contribution in [3.05, 3.63) is 64.7 Å². The molecule has 1 heterocycles. The van der Waals surface area contributed by atoms with Crippen LogP contribution in [0.15, 0.2) is 42.5 Å². The minimum Gasteiger partial charge on any atom is -0.326 e. The Kier molecular flexibility index (Phi) is 9.72. The second kappa shape index (κ2) is 12.0. The van der Waals surface area contributed by atoms with Gasteiger partial charge in [0.15, 0.2) is 0 Å². The van der Waals surface area contributed by atoms with E-state index in [2.05, 4.69) is 17.1 Å². The molecule has 0 spiro atoms. The molecule has 0 aliphatic carbocycles. The molecular formula is C25H34F3N3O. The van der Waals surface area contributed by atoms with E-state index in [1.807, 2.05) is 49.9 Å². The number of carbonyl (C=O) groups excluding carboxylic acids is 1. The maximum absolute atomic E-state index is 13.7. The summed E-state index contributed by atoms with van der Waals surface area (Å²) in [4.78, 5) is 16.6. The summed E-state index contributed by atoms with van der Waals surface area (Å²) < 4.78 is 41.1. The van der Waals surface area contributed by atoms with Crippen molar-refractivity contribution in [3.8, 4) is 0 Å². The average molecular weight is 450 g/mol. The van der Waals surface area contributed by atoms with Gasteiger partial charge in [0.05, 0.1) is 12.0 Å². The van der Waals surface area contributed by atoms with Crippen molar-refractivity contribution in [2.24, 2.45) is 0 Å². The Balaban J connectivity index is 0.00000176. The van der Waals surface area contributed by atoms with Gasteiger partial charge in [0.1, 0.15) is 0 Å². The Bertz CT molecular complexity index is 875. The van der Waals surface area contributed by atoms with Crippen LogP contribution in [0.3, 0.4) is 0 Å². The number of nitrogens with zero attached hydrogens (tertiary/aromatic N) is 2. The number of anilines is 1. The van der Waals surface area contributed by atoms with Crippen LogP contribution in [0.4, 0.5) is 18.9 Å². The number of hydrogen-bond donors (Lipinski definition) is 1. The molecule has 0 atom stereocenters. The summed E-state index contributed by atoms with van der Waals surface area (Å²) in [6.07, 6.45) is -4.36. The highest BCUT2D eigenvalue weighted by atomic mass is 19.4. The Labute approximate surface area is 189 Å². The molecular weight excluding hydrogens is 415 g/mol. The largest absolute Gasteiger partial charge is 0.416 e. The normalized spacial score (nSPS) is 15.1. The molecule has 1 fully saturated rings. The van der Waals surface area contributed by atoms with Crippen LogP contribution >= 0.6 is 0 Å². The van der Waals surface area contributed by atoms with Gasteiger partial charge in [-0.25, -0.2) is 0 Å². The topological polar surface area (TPSA) is 35.6 Å². The third-order valence-electron chi connectivity index (χ3n) is 5.45. The van der Waals surface area contributed by atoms with E-state index in [1.54, 1.807) is 6.07 Å². The van der Waals surface area contributed by atoms with Crippen molar-refractivity contribution in [1.29, 1.82) is 0 Å². The molecule has 1 N–H and O–H groups in total. The standard InChI is InChI=1S/C23H28F3N3O.C2H6/c1-3-28-9-11-29(12-10-28)16-19-7-8-20(15-21(19)23(24,25)26)27-22(30)14-18-6-4-5-17(2)13-18;1-2/h4-8,13,15H,3,9-12,14,16H2,1-2H3,(H,27,30);1-2H3. The molecule has 0 aromatic heterocycles. The fraction of sp³-hybridized carbons (Fsp3) is 0.480. The van der Waals surface area contributed by atoms with Gasteiger partial charge in [-0.3, -0.25) is 9.69 Å². The monoisotopic (exact) mass is 449 g/mol. The minimum atomic E-state index is -4.47. The van der Waals surface area contributed by atoms with Gasteiger partial charge in [0.2, 0.25) is 5.91 Å².